The zero-order chi connectivity index (χ0) is 24.4. The summed E-state index contributed by atoms with van der Waals surface area (Å²) in [6.07, 6.45) is 6.12. The van der Waals surface area contributed by atoms with E-state index in [1.54, 1.807) is 36.5 Å². The highest BCUT2D eigenvalue weighted by Gasteiger charge is 2.16. The second-order valence-corrected chi connectivity index (χ2v) is 7.56. The van der Waals surface area contributed by atoms with Gasteiger partial charge in [-0.15, -0.1) is 0 Å². The number of carbonyl (C=O) groups excluding carboxylic acids is 1. The Hall–Kier alpha value is -5.25. The van der Waals surface area contributed by atoms with Crippen LogP contribution in [0.1, 0.15) is 5.56 Å². The highest BCUT2D eigenvalue weighted by Crippen LogP contribution is 2.27. The first kappa shape index (κ1) is 21.6. The minimum atomic E-state index is -0.536. The number of nitrogens with zero attached hydrogens (tertiary/aromatic N) is 4. The van der Waals surface area contributed by atoms with Crippen molar-refractivity contribution in [2.45, 2.75) is 0 Å². The molecule has 0 fully saturated rings. The zero-order valence-corrected chi connectivity index (χ0v) is 18.0. The fraction of sp³-hybridized carbons (Fsp3) is 0. The van der Waals surface area contributed by atoms with Gasteiger partial charge < -0.3 is 14.9 Å². The number of aromatic nitrogens is 3. The number of nitrogens with one attached hydrogen (secondary N) is 1. The molecule has 0 unspecified atom stereocenters. The van der Waals surface area contributed by atoms with Gasteiger partial charge >= 0.3 is 0 Å². The lowest BCUT2D eigenvalue weighted by Gasteiger charge is -2.05. The maximum atomic E-state index is 12.3. The zero-order valence-electron chi connectivity index (χ0n) is 18.0. The first-order valence-electron chi connectivity index (χ1n) is 10.4. The number of nitro groups is 1. The number of oxazole rings is 1. The van der Waals surface area contributed by atoms with Crippen LogP contribution in [0.25, 0.3) is 39.8 Å². The van der Waals surface area contributed by atoms with Crippen LogP contribution in [0.4, 0.5) is 11.4 Å². The summed E-state index contributed by atoms with van der Waals surface area (Å²) in [7, 11) is 0. The molecule has 0 aliphatic carbocycles. The number of hydrogen-bond acceptors (Lipinski definition) is 7. The van der Waals surface area contributed by atoms with Crippen molar-refractivity contribution in [1.82, 2.24) is 14.7 Å². The Morgan fingerprint density at radius 3 is 2.49 bits per heavy atom. The average Bonchev–Trinajstić information content (AvgIpc) is 3.52. The van der Waals surface area contributed by atoms with Crippen LogP contribution in [0, 0.1) is 10.1 Å². The summed E-state index contributed by atoms with van der Waals surface area (Å²) in [5.41, 5.74) is 3.37. The SMILES string of the molecule is O=C(C=Cc1ccc(-c2cnco2)cc1)Nc1ccc(-c2nc3ccc([N+](=O)[O-])cc3n2O)cc1. The molecule has 0 aliphatic heterocycles. The van der Waals surface area contributed by atoms with Gasteiger partial charge in [-0.1, -0.05) is 24.3 Å². The molecule has 10 heteroatoms. The van der Waals surface area contributed by atoms with Crippen molar-refractivity contribution in [2.75, 3.05) is 5.32 Å². The number of carbonyl (C=O) groups is 1. The molecule has 0 spiro atoms. The van der Waals surface area contributed by atoms with E-state index in [4.69, 9.17) is 4.42 Å². The third-order valence-corrected chi connectivity index (χ3v) is 5.29. The van der Waals surface area contributed by atoms with Gasteiger partial charge in [-0.2, -0.15) is 4.73 Å². The van der Waals surface area contributed by atoms with Crippen LogP contribution < -0.4 is 5.32 Å². The summed E-state index contributed by atoms with van der Waals surface area (Å²) in [5, 5.41) is 24.2. The Kier molecular flexibility index (Phi) is 5.52. The number of amides is 1. The van der Waals surface area contributed by atoms with Crippen LogP contribution in [0.2, 0.25) is 0 Å². The monoisotopic (exact) mass is 467 g/mol. The number of nitro benzene ring substituents is 1. The number of benzene rings is 3. The third kappa shape index (κ3) is 4.48. The van der Waals surface area contributed by atoms with Crippen molar-refractivity contribution in [2.24, 2.45) is 0 Å². The molecular weight excluding hydrogens is 450 g/mol. The summed E-state index contributed by atoms with van der Waals surface area (Å²) in [5.74, 6) is 0.589. The molecule has 2 aromatic heterocycles. The van der Waals surface area contributed by atoms with Gasteiger partial charge in [0, 0.05) is 35.0 Å². The van der Waals surface area contributed by atoms with Crippen molar-refractivity contribution in [1.29, 1.82) is 0 Å². The molecule has 35 heavy (non-hydrogen) atoms. The van der Waals surface area contributed by atoms with E-state index in [0.717, 1.165) is 15.9 Å². The Bertz CT molecular complexity index is 1550. The lowest BCUT2D eigenvalue weighted by Crippen LogP contribution is -2.07. The lowest BCUT2D eigenvalue weighted by atomic mass is 10.1. The van der Waals surface area contributed by atoms with Gasteiger partial charge in [-0.3, -0.25) is 14.9 Å². The minimum Gasteiger partial charge on any atom is -0.444 e. The van der Waals surface area contributed by atoms with Crippen LogP contribution in [-0.2, 0) is 4.79 Å². The van der Waals surface area contributed by atoms with Gasteiger partial charge in [0.15, 0.2) is 18.0 Å². The molecule has 3 aromatic carbocycles. The van der Waals surface area contributed by atoms with Crippen molar-refractivity contribution in [3.63, 3.8) is 0 Å². The van der Waals surface area contributed by atoms with Gasteiger partial charge in [-0.25, -0.2) is 9.97 Å². The average molecular weight is 467 g/mol. The van der Waals surface area contributed by atoms with Gasteiger partial charge in [0.1, 0.15) is 5.52 Å². The highest BCUT2D eigenvalue weighted by molar-refractivity contribution is 6.02. The largest absolute Gasteiger partial charge is 0.444 e. The molecule has 2 N–H and O–H groups in total. The van der Waals surface area contributed by atoms with E-state index in [2.05, 4.69) is 15.3 Å². The number of rotatable bonds is 6. The van der Waals surface area contributed by atoms with Crippen LogP contribution in [0.3, 0.4) is 0 Å². The van der Waals surface area contributed by atoms with Crippen molar-refractivity contribution < 1.29 is 19.3 Å². The maximum absolute atomic E-state index is 12.3. The molecule has 0 atom stereocenters. The summed E-state index contributed by atoms with van der Waals surface area (Å²) >= 11 is 0. The van der Waals surface area contributed by atoms with Crippen LogP contribution in [0.15, 0.2) is 89.8 Å². The predicted molar refractivity (Wildman–Crippen MR) is 129 cm³/mol. The molecule has 0 saturated carbocycles. The van der Waals surface area contributed by atoms with E-state index < -0.39 is 4.92 Å². The molecule has 172 valence electrons. The molecule has 10 nitrogen and oxygen atoms in total. The molecule has 0 aliphatic rings. The van der Waals surface area contributed by atoms with Gasteiger partial charge in [0.2, 0.25) is 5.91 Å². The maximum Gasteiger partial charge on any atom is 0.271 e. The van der Waals surface area contributed by atoms with Crippen LogP contribution in [-0.4, -0.2) is 30.7 Å². The molecule has 5 rings (SSSR count). The molecular formula is C25H17N5O5. The summed E-state index contributed by atoms with van der Waals surface area (Å²) in [4.78, 5) is 31.0. The standard InChI is InChI=1S/C25H17N5O5/c31-24(12-3-16-1-4-17(5-2-16)23-14-26-15-35-23)27-19-8-6-18(7-9-19)25-28-21-11-10-20(30(33)34)13-22(21)29(25)32/h1-15,32H,(H,27,31). The van der Waals surface area contributed by atoms with Gasteiger partial charge in [0.25, 0.3) is 5.69 Å². The fourth-order valence-electron chi connectivity index (χ4n) is 3.53. The Morgan fingerprint density at radius 1 is 1.06 bits per heavy atom. The molecule has 2 heterocycles. The predicted octanol–water partition coefficient (Wildman–Crippen LogP) is 5.16. The lowest BCUT2D eigenvalue weighted by molar-refractivity contribution is -0.384. The number of anilines is 1. The van der Waals surface area contributed by atoms with Crippen LogP contribution >= 0.6 is 0 Å². The highest BCUT2D eigenvalue weighted by atomic mass is 16.6. The summed E-state index contributed by atoms with van der Waals surface area (Å²) in [6, 6.07) is 18.3. The fourth-order valence-corrected chi connectivity index (χ4v) is 3.53. The molecule has 0 bridgehead atoms. The number of imidazole rings is 1. The second-order valence-electron chi connectivity index (χ2n) is 7.56. The third-order valence-electron chi connectivity index (χ3n) is 5.29. The van der Waals surface area contributed by atoms with Crippen molar-refractivity contribution in [3.8, 4) is 22.7 Å². The smallest absolute Gasteiger partial charge is 0.271 e. The van der Waals surface area contributed by atoms with E-state index in [-0.39, 0.29) is 22.9 Å². The van der Waals surface area contributed by atoms with E-state index in [1.165, 1.54) is 30.7 Å². The molecule has 0 radical (unpaired) electrons. The first-order valence-corrected chi connectivity index (χ1v) is 10.4. The first-order chi connectivity index (χ1) is 17.0. The summed E-state index contributed by atoms with van der Waals surface area (Å²) < 4.78 is 6.07. The van der Waals surface area contributed by atoms with Gasteiger partial charge in [0.05, 0.1) is 16.6 Å². The molecule has 0 saturated heterocycles. The van der Waals surface area contributed by atoms with E-state index in [0.29, 0.717) is 22.5 Å². The topological polar surface area (TPSA) is 136 Å². The number of non-ortho nitro benzene ring substituents is 1. The Balaban J connectivity index is 1.26. The Morgan fingerprint density at radius 2 is 1.80 bits per heavy atom. The van der Waals surface area contributed by atoms with Crippen LogP contribution in [0.5, 0.6) is 0 Å². The van der Waals surface area contributed by atoms with E-state index in [1.807, 2.05) is 24.3 Å². The van der Waals surface area contributed by atoms with E-state index in [9.17, 15) is 20.1 Å². The molecule has 1 amide bonds. The van der Waals surface area contributed by atoms with Crippen molar-refractivity contribution >= 4 is 34.4 Å². The minimum absolute atomic E-state index is 0.142. The normalized spacial score (nSPS) is 11.2. The number of hydrogen-bond donors (Lipinski definition) is 2. The summed E-state index contributed by atoms with van der Waals surface area (Å²) in [6.45, 7) is 0. The number of fused-ring (bicyclic) bond motifs is 1. The quantitative estimate of drug-likeness (QED) is 0.152. The molecule has 5 aromatic rings. The van der Waals surface area contributed by atoms with Gasteiger partial charge in [-0.05, 0) is 42.0 Å². The van der Waals surface area contributed by atoms with Crippen molar-refractivity contribution in [3.05, 3.63) is 101 Å². The second kappa shape index (κ2) is 8.94. The Labute approximate surface area is 197 Å². The van der Waals surface area contributed by atoms with E-state index >= 15 is 0 Å².